The molecule has 22 heavy (non-hydrogen) atoms. The fourth-order valence-electron chi connectivity index (χ4n) is 1.77. The first kappa shape index (κ1) is 20.3. The third-order valence-electron chi connectivity index (χ3n) is 2.81. The summed E-state index contributed by atoms with van der Waals surface area (Å²) in [6.07, 6.45) is -7.21. The van der Waals surface area contributed by atoms with Gasteiger partial charge >= 0.3 is 129 Å². The SMILES string of the molecule is C[As](C)(=O)C[C@H]1O[C@@H](OP(=O)([O-])OCC(O)CO)[C@H](O)[C@@H]1O. The van der Waals surface area contributed by atoms with Gasteiger partial charge in [0.05, 0.1) is 0 Å². The van der Waals surface area contributed by atoms with Crippen LogP contribution in [-0.4, -0.2) is 77.8 Å². The Morgan fingerprint density at radius 1 is 1.36 bits per heavy atom. The minimum atomic E-state index is -4.93. The number of rotatable bonds is 8. The molecule has 1 heterocycles. The number of ether oxygens (including phenoxy) is 1. The number of phosphoric ester groups is 1. The molecule has 0 saturated carbocycles. The van der Waals surface area contributed by atoms with Crippen LogP contribution in [-0.2, 0) is 22.1 Å². The van der Waals surface area contributed by atoms with E-state index in [4.69, 9.17) is 14.9 Å². The number of aliphatic hydroxyl groups excluding tert-OH is 4. The third kappa shape index (κ3) is 6.41. The van der Waals surface area contributed by atoms with Gasteiger partial charge in [0.1, 0.15) is 0 Å². The number of hydrogen-bond acceptors (Lipinski definition) is 10. The van der Waals surface area contributed by atoms with E-state index in [2.05, 4.69) is 9.05 Å². The number of hydrogen-bond donors (Lipinski definition) is 4. The predicted molar refractivity (Wildman–Crippen MR) is 71.4 cm³/mol. The second kappa shape index (κ2) is 7.89. The van der Waals surface area contributed by atoms with Gasteiger partial charge in [-0.3, -0.25) is 0 Å². The fraction of sp³-hybridized carbons (Fsp3) is 1.00. The molecule has 0 aromatic carbocycles. The van der Waals surface area contributed by atoms with Crippen molar-refractivity contribution < 1.29 is 47.4 Å². The van der Waals surface area contributed by atoms with Gasteiger partial charge in [0.2, 0.25) is 0 Å². The van der Waals surface area contributed by atoms with Gasteiger partial charge < -0.3 is 0 Å². The zero-order chi connectivity index (χ0) is 17.1. The Hall–Kier alpha value is 0.268. The zero-order valence-corrected chi connectivity index (χ0v) is 14.9. The first-order valence-corrected chi connectivity index (χ1v) is 13.7. The molecule has 0 aromatic heterocycles. The molecule has 4 N–H and O–H groups in total. The standard InChI is InChI=1S/C10H22AsO10P/c1-11(2,16)3-7-8(14)9(15)10(20-7)21-22(17,18)19-5-6(13)4-12/h6-10,12-15H,3-5H2,1-2H3,(H,17,18)/p-1/t6?,7-,8-,9-,10+/m1/s1. The molecule has 0 radical (unpaired) electrons. The Morgan fingerprint density at radius 3 is 2.45 bits per heavy atom. The van der Waals surface area contributed by atoms with Crippen molar-refractivity contribution >= 4 is 21.3 Å². The molecule has 0 aliphatic carbocycles. The summed E-state index contributed by atoms with van der Waals surface area (Å²) in [7, 11) is -4.93. The molecule has 10 nitrogen and oxygen atoms in total. The van der Waals surface area contributed by atoms with Crippen LogP contribution in [0.4, 0.5) is 0 Å². The quantitative estimate of drug-likeness (QED) is 0.259. The summed E-state index contributed by atoms with van der Waals surface area (Å²) >= 11 is -3.19. The van der Waals surface area contributed by atoms with Crippen molar-refractivity contribution in [3.8, 4) is 0 Å². The third-order valence-corrected chi connectivity index (χ3v) is 6.34. The van der Waals surface area contributed by atoms with Crippen molar-refractivity contribution in [2.24, 2.45) is 0 Å². The van der Waals surface area contributed by atoms with Gasteiger partial charge in [-0.1, -0.05) is 0 Å². The summed E-state index contributed by atoms with van der Waals surface area (Å²) < 4.78 is 37.2. The van der Waals surface area contributed by atoms with E-state index in [1.807, 2.05) is 0 Å². The average molecular weight is 407 g/mol. The summed E-state index contributed by atoms with van der Waals surface area (Å²) in [5.41, 5.74) is 3.04. The molecular formula is C10H21AsO10P-. The Morgan fingerprint density at radius 2 is 1.95 bits per heavy atom. The van der Waals surface area contributed by atoms with Crippen LogP contribution in [0.5, 0.6) is 0 Å². The molecule has 0 spiro atoms. The van der Waals surface area contributed by atoms with Crippen molar-refractivity contribution in [1.82, 2.24) is 0 Å². The molecule has 6 atom stereocenters. The molecule has 1 rings (SSSR count). The molecule has 0 bridgehead atoms. The number of phosphoric acid groups is 1. The summed E-state index contributed by atoms with van der Waals surface area (Å²) in [4.78, 5) is 11.5. The van der Waals surface area contributed by atoms with Crippen LogP contribution in [0.1, 0.15) is 0 Å². The van der Waals surface area contributed by atoms with Gasteiger partial charge in [-0.25, -0.2) is 0 Å². The van der Waals surface area contributed by atoms with E-state index in [1.165, 1.54) is 11.4 Å². The van der Waals surface area contributed by atoms with Crippen LogP contribution in [0.25, 0.3) is 0 Å². The van der Waals surface area contributed by atoms with Crippen molar-refractivity contribution in [2.45, 2.75) is 47.3 Å². The Bertz CT molecular complexity index is 453. The second-order valence-corrected chi connectivity index (χ2v) is 14.2. The second-order valence-electron chi connectivity index (χ2n) is 5.47. The van der Waals surface area contributed by atoms with Crippen LogP contribution < -0.4 is 4.89 Å². The summed E-state index contributed by atoms with van der Waals surface area (Å²) in [6.45, 7) is -1.43. The van der Waals surface area contributed by atoms with E-state index < -0.39 is 65.2 Å². The van der Waals surface area contributed by atoms with Gasteiger partial charge in [0.25, 0.3) is 0 Å². The van der Waals surface area contributed by atoms with Gasteiger partial charge in [0, 0.05) is 0 Å². The van der Waals surface area contributed by atoms with Gasteiger partial charge in [-0.05, 0) is 0 Å². The van der Waals surface area contributed by atoms with Gasteiger partial charge in [-0.2, -0.15) is 0 Å². The topological polar surface area (TPSA) is 166 Å². The Labute approximate surface area is 129 Å². The Balaban J connectivity index is 2.62. The van der Waals surface area contributed by atoms with Crippen LogP contribution in [0, 0.1) is 0 Å². The van der Waals surface area contributed by atoms with Crippen molar-refractivity contribution in [1.29, 1.82) is 0 Å². The van der Waals surface area contributed by atoms with Crippen molar-refractivity contribution in [2.75, 3.05) is 13.2 Å². The summed E-state index contributed by atoms with van der Waals surface area (Å²) in [5.74, 6) is 0. The summed E-state index contributed by atoms with van der Waals surface area (Å²) in [5, 5.41) is 37.1. The first-order chi connectivity index (χ1) is 9.95. The minimum absolute atomic E-state index is 0.00355. The van der Waals surface area contributed by atoms with Crippen LogP contribution in [0.15, 0.2) is 0 Å². The molecule has 1 saturated heterocycles. The first-order valence-electron chi connectivity index (χ1n) is 6.43. The average Bonchev–Trinajstić information content (AvgIpc) is 2.62. The van der Waals surface area contributed by atoms with E-state index in [0.29, 0.717) is 0 Å². The van der Waals surface area contributed by atoms with E-state index in [9.17, 15) is 23.4 Å². The molecule has 1 fully saturated rings. The normalized spacial score (nSPS) is 33.6. The summed E-state index contributed by atoms with van der Waals surface area (Å²) in [6, 6.07) is 0. The molecule has 2 unspecified atom stereocenters. The van der Waals surface area contributed by atoms with E-state index in [0.717, 1.165) is 0 Å². The molecule has 12 heteroatoms. The molecule has 1 aliphatic rings. The van der Waals surface area contributed by atoms with Crippen LogP contribution in [0.3, 0.4) is 0 Å². The van der Waals surface area contributed by atoms with Gasteiger partial charge in [0.15, 0.2) is 0 Å². The van der Waals surface area contributed by atoms with Crippen molar-refractivity contribution in [3.05, 3.63) is 0 Å². The van der Waals surface area contributed by atoms with E-state index >= 15 is 0 Å². The van der Waals surface area contributed by atoms with Crippen LogP contribution in [0.2, 0.25) is 16.6 Å². The maximum atomic E-state index is 11.8. The molecule has 0 amide bonds. The van der Waals surface area contributed by atoms with Crippen LogP contribution >= 0.6 is 7.82 Å². The Kier molecular flexibility index (Phi) is 7.29. The monoisotopic (exact) mass is 407 g/mol. The zero-order valence-electron chi connectivity index (χ0n) is 12.1. The van der Waals surface area contributed by atoms with E-state index in [1.54, 1.807) is 0 Å². The fourth-order valence-corrected chi connectivity index (χ4v) is 5.07. The molecule has 132 valence electrons. The van der Waals surface area contributed by atoms with Gasteiger partial charge in [-0.15, -0.1) is 0 Å². The molecular weight excluding hydrogens is 386 g/mol. The van der Waals surface area contributed by atoms with Crippen molar-refractivity contribution in [3.63, 3.8) is 0 Å². The van der Waals surface area contributed by atoms with E-state index in [-0.39, 0.29) is 5.21 Å². The maximum absolute atomic E-state index is 11.8. The molecule has 1 aliphatic heterocycles. The molecule has 0 aromatic rings. The number of aliphatic hydroxyl groups is 4. The predicted octanol–water partition coefficient (Wildman–Crippen LogP) is -2.08.